The van der Waals surface area contributed by atoms with Crippen LogP contribution in [-0.2, 0) is 4.79 Å². The quantitative estimate of drug-likeness (QED) is 0.629. The van der Waals surface area contributed by atoms with Gasteiger partial charge in [-0.2, -0.15) is 0 Å². The zero-order valence-electron chi connectivity index (χ0n) is 18.9. The van der Waals surface area contributed by atoms with Crippen molar-refractivity contribution in [1.29, 1.82) is 0 Å². The second kappa shape index (κ2) is 10.3. The Bertz CT molecular complexity index is 775. The van der Waals surface area contributed by atoms with E-state index < -0.39 is 6.10 Å². The first-order valence-electron chi connectivity index (χ1n) is 11.4. The number of benzene rings is 1. The largest absolute Gasteiger partial charge is 0.507 e. The summed E-state index contributed by atoms with van der Waals surface area (Å²) in [6.07, 6.45) is 1.80. The number of hydrogen-bond acceptors (Lipinski definition) is 6. The molecule has 0 spiro atoms. The molecule has 8 nitrogen and oxygen atoms in total. The molecule has 0 unspecified atom stereocenters. The number of aromatic hydroxyl groups is 1. The summed E-state index contributed by atoms with van der Waals surface area (Å²) < 4.78 is 0. The van der Waals surface area contributed by atoms with Crippen LogP contribution in [0, 0.1) is 0 Å². The van der Waals surface area contributed by atoms with Gasteiger partial charge >= 0.3 is 0 Å². The smallest absolute Gasteiger partial charge is 0.255 e. The van der Waals surface area contributed by atoms with Crippen LogP contribution in [-0.4, -0.2) is 89.3 Å². The van der Waals surface area contributed by atoms with E-state index in [2.05, 4.69) is 15.1 Å². The standard InChI is InChI=1S/C23H36N4O4/c1-4-25(5-2)17-9-10-18(21(29)15-17)23(31)24-19-7-6-8-20(22(19)30)27-13-11-26(12-14-27)16(3)28/h9-10,15,19-20,22,29-30H,4-8,11-14H2,1-3H3,(H,24,31)/t19-,20-,22-/m1/s1. The van der Waals surface area contributed by atoms with Gasteiger partial charge in [-0.05, 0) is 45.2 Å². The molecular formula is C23H36N4O4. The summed E-state index contributed by atoms with van der Waals surface area (Å²) in [5.74, 6) is -0.334. The lowest BCUT2D eigenvalue weighted by molar-refractivity contribution is -0.131. The van der Waals surface area contributed by atoms with Gasteiger partial charge < -0.3 is 25.3 Å². The number of carbonyl (C=O) groups is 2. The number of rotatable bonds is 6. The molecule has 2 aliphatic rings. The van der Waals surface area contributed by atoms with E-state index in [0.717, 1.165) is 44.7 Å². The van der Waals surface area contributed by atoms with Crippen molar-refractivity contribution in [3.05, 3.63) is 23.8 Å². The van der Waals surface area contributed by atoms with Crippen LogP contribution < -0.4 is 10.2 Å². The predicted molar refractivity (Wildman–Crippen MR) is 120 cm³/mol. The Morgan fingerprint density at radius 2 is 1.81 bits per heavy atom. The summed E-state index contributed by atoms with van der Waals surface area (Å²) >= 11 is 0. The highest BCUT2D eigenvalue weighted by molar-refractivity contribution is 5.97. The first-order valence-corrected chi connectivity index (χ1v) is 11.4. The van der Waals surface area contributed by atoms with Gasteiger partial charge in [0.25, 0.3) is 5.91 Å². The van der Waals surface area contributed by atoms with Crippen molar-refractivity contribution >= 4 is 17.5 Å². The zero-order valence-corrected chi connectivity index (χ0v) is 18.9. The summed E-state index contributed by atoms with van der Waals surface area (Å²) in [6, 6.07) is 4.71. The number of phenolic OH excluding ortho intramolecular Hbond substituents is 1. The SMILES string of the molecule is CCN(CC)c1ccc(C(=O)N[C@@H]2CCC[C@@H](N3CCN(C(C)=O)CC3)[C@@H]2O)c(O)c1. The number of nitrogens with one attached hydrogen (secondary N) is 1. The van der Waals surface area contributed by atoms with E-state index in [-0.39, 0.29) is 35.2 Å². The number of phenols is 1. The molecule has 3 rings (SSSR count). The van der Waals surface area contributed by atoms with Crippen LogP contribution in [0.2, 0.25) is 0 Å². The lowest BCUT2D eigenvalue weighted by Crippen LogP contribution is -2.60. The molecule has 1 aromatic rings. The van der Waals surface area contributed by atoms with Crippen molar-refractivity contribution in [2.24, 2.45) is 0 Å². The van der Waals surface area contributed by atoms with Crippen molar-refractivity contribution in [3.63, 3.8) is 0 Å². The topological polar surface area (TPSA) is 96.4 Å². The molecular weight excluding hydrogens is 396 g/mol. The Morgan fingerprint density at radius 1 is 1.13 bits per heavy atom. The van der Waals surface area contributed by atoms with E-state index >= 15 is 0 Å². The molecule has 3 N–H and O–H groups in total. The van der Waals surface area contributed by atoms with Crippen molar-refractivity contribution in [3.8, 4) is 5.75 Å². The Balaban J connectivity index is 1.63. The second-order valence-corrected chi connectivity index (χ2v) is 8.48. The van der Waals surface area contributed by atoms with Gasteiger partial charge in [0.15, 0.2) is 0 Å². The molecule has 1 aliphatic carbocycles. The maximum absolute atomic E-state index is 12.8. The highest BCUT2D eigenvalue weighted by atomic mass is 16.3. The van der Waals surface area contributed by atoms with Crippen molar-refractivity contribution in [2.45, 2.75) is 58.2 Å². The number of carbonyl (C=O) groups excluding carboxylic acids is 2. The van der Waals surface area contributed by atoms with Crippen LogP contribution in [0.15, 0.2) is 18.2 Å². The van der Waals surface area contributed by atoms with Crippen LogP contribution in [0.25, 0.3) is 0 Å². The number of nitrogens with zero attached hydrogens (tertiary/aromatic N) is 3. The number of hydrogen-bond donors (Lipinski definition) is 3. The molecule has 172 valence electrons. The predicted octanol–water partition coefficient (Wildman–Crippen LogP) is 1.41. The normalized spacial score (nSPS) is 24.6. The summed E-state index contributed by atoms with van der Waals surface area (Å²) in [5, 5.41) is 24.4. The molecule has 1 heterocycles. The maximum Gasteiger partial charge on any atom is 0.255 e. The molecule has 3 atom stereocenters. The molecule has 31 heavy (non-hydrogen) atoms. The first kappa shape index (κ1) is 23.3. The number of amides is 2. The van der Waals surface area contributed by atoms with Crippen molar-refractivity contribution < 1.29 is 19.8 Å². The second-order valence-electron chi connectivity index (χ2n) is 8.48. The summed E-state index contributed by atoms with van der Waals surface area (Å²) in [5.41, 5.74) is 1.10. The third-order valence-corrected chi connectivity index (χ3v) is 6.72. The van der Waals surface area contributed by atoms with E-state index in [1.807, 2.05) is 24.8 Å². The Labute approximate surface area is 184 Å². The number of aliphatic hydroxyl groups is 1. The molecule has 1 saturated carbocycles. The third-order valence-electron chi connectivity index (χ3n) is 6.72. The van der Waals surface area contributed by atoms with Crippen molar-refractivity contribution in [2.75, 3.05) is 44.2 Å². The Kier molecular flexibility index (Phi) is 7.78. The van der Waals surface area contributed by atoms with E-state index in [1.54, 1.807) is 19.1 Å². The monoisotopic (exact) mass is 432 g/mol. The Morgan fingerprint density at radius 3 is 2.39 bits per heavy atom. The first-order chi connectivity index (χ1) is 14.8. The summed E-state index contributed by atoms with van der Waals surface area (Å²) in [6.45, 7) is 10.1. The maximum atomic E-state index is 12.8. The summed E-state index contributed by atoms with van der Waals surface area (Å²) in [7, 11) is 0. The zero-order chi connectivity index (χ0) is 22.5. The van der Waals surface area contributed by atoms with Crippen LogP contribution in [0.4, 0.5) is 5.69 Å². The van der Waals surface area contributed by atoms with Crippen LogP contribution in [0.1, 0.15) is 50.4 Å². The molecule has 0 aromatic heterocycles. The van der Waals surface area contributed by atoms with E-state index in [9.17, 15) is 19.8 Å². The van der Waals surface area contributed by atoms with E-state index in [1.165, 1.54) is 0 Å². The molecule has 2 fully saturated rings. The minimum atomic E-state index is -0.682. The fraction of sp³-hybridized carbons (Fsp3) is 0.652. The van der Waals surface area contributed by atoms with Gasteiger partial charge in [-0.1, -0.05) is 0 Å². The highest BCUT2D eigenvalue weighted by Crippen LogP contribution is 2.28. The van der Waals surface area contributed by atoms with E-state index in [0.29, 0.717) is 19.5 Å². The Hall–Kier alpha value is -2.32. The molecule has 0 radical (unpaired) electrons. The van der Waals surface area contributed by atoms with Crippen LogP contribution in [0.3, 0.4) is 0 Å². The van der Waals surface area contributed by atoms with Crippen LogP contribution >= 0.6 is 0 Å². The molecule has 1 aromatic carbocycles. The third kappa shape index (κ3) is 5.30. The van der Waals surface area contributed by atoms with Crippen molar-refractivity contribution in [1.82, 2.24) is 15.1 Å². The molecule has 2 amide bonds. The lowest BCUT2D eigenvalue weighted by atomic mass is 9.86. The van der Waals surface area contributed by atoms with Gasteiger partial charge in [-0.15, -0.1) is 0 Å². The van der Waals surface area contributed by atoms with Crippen LogP contribution in [0.5, 0.6) is 5.75 Å². The van der Waals surface area contributed by atoms with Gasteiger partial charge in [0.1, 0.15) is 5.75 Å². The average Bonchev–Trinajstić information content (AvgIpc) is 2.76. The fourth-order valence-electron chi connectivity index (χ4n) is 4.82. The van der Waals surface area contributed by atoms with Gasteiger partial charge in [0, 0.05) is 64.0 Å². The van der Waals surface area contributed by atoms with E-state index in [4.69, 9.17) is 0 Å². The number of piperazine rings is 1. The highest BCUT2D eigenvalue weighted by Gasteiger charge is 2.37. The number of aliphatic hydroxyl groups excluding tert-OH is 1. The molecule has 1 aliphatic heterocycles. The molecule has 8 heteroatoms. The minimum Gasteiger partial charge on any atom is -0.507 e. The average molecular weight is 433 g/mol. The molecule has 0 bridgehead atoms. The van der Waals surface area contributed by atoms with Gasteiger partial charge in [0.2, 0.25) is 5.91 Å². The molecule has 1 saturated heterocycles. The lowest BCUT2D eigenvalue weighted by Gasteiger charge is -2.45. The summed E-state index contributed by atoms with van der Waals surface area (Å²) in [4.78, 5) is 30.6. The van der Waals surface area contributed by atoms with Gasteiger partial charge in [0.05, 0.1) is 17.7 Å². The number of anilines is 1. The minimum absolute atomic E-state index is 0.0354. The van der Waals surface area contributed by atoms with Gasteiger partial charge in [-0.3, -0.25) is 14.5 Å². The van der Waals surface area contributed by atoms with Gasteiger partial charge in [-0.25, -0.2) is 0 Å². The fourth-order valence-corrected chi connectivity index (χ4v) is 4.82.